The summed E-state index contributed by atoms with van der Waals surface area (Å²) in [6, 6.07) is 12.4. The first-order chi connectivity index (χ1) is 12.7. The van der Waals surface area contributed by atoms with Crippen molar-refractivity contribution in [2.24, 2.45) is 0 Å². The van der Waals surface area contributed by atoms with Gasteiger partial charge in [-0.1, -0.05) is 54.1 Å². The maximum Gasteiger partial charge on any atom is 0.366 e. The highest BCUT2D eigenvalue weighted by Crippen LogP contribution is 2.46. The van der Waals surface area contributed by atoms with Crippen LogP contribution in [0.3, 0.4) is 0 Å². The van der Waals surface area contributed by atoms with E-state index < -0.39 is 29.0 Å². The molecule has 0 saturated carbocycles. The molecule has 0 amide bonds. The van der Waals surface area contributed by atoms with Crippen molar-refractivity contribution in [1.29, 1.82) is 0 Å². The highest BCUT2D eigenvalue weighted by atomic mass is 35.5. The van der Waals surface area contributed by atoms with E-state index in [1.54, 1.807) is 69.7 Å². The molecule has 7 heteroatoms. The lowest BCUT2D eigenvalue weighted by atomic mass is 9.69. The van der Waals surface area contributed by atoms with Gasteiger partial charge in [0.1, 0.15) is 0 Å². The van der Waals surface area contributed by atoms with Crippen molar-refractivity contribution in [3.05, 3.63) is 70.2 Å². The highest BCUT2D eigenvalue weighted by Gasteiger charge is 2.66. The summed E-state index contributed by atoms with van der Waals surface area (Å²) < 4.78 is 5.06. The Balaban J connectivity index is 0.00000280. The van der Waals surface area contributed by atoms with Crippen LogP contribution in [0, 0.1) is 0 Å². The van der Waals surface area contributed by atoms with E-state index in [0.717, 1.165) is 0 Å². The number of nitrogens with zero attached hydrogens (tertiary/aromatic N) is 1. The molecule has 0 bridgehead atoms. The van der Waals surface area contributed by atoms with Crippen LogP contribution in [0.4, 0.5) is 0 Å². The van der Waals surface area contributed by atoms with Gasteiger partial charge in [-0.25, -0.2) is 4.79 Å². The molecule has 0 saturated heterocycles. The number of ether oxygens (including phenoxy) is 1. The van der Waals surface area contributed by atoms with Crippen molar-refractivity contribution in [2.45, 2.75) is 11.5 Å². The number of ketones is 2. The Morgan fingerprint density at radius 2 is 1.61 bits per heavy atom. The lowest BCUT2D eigenvalue weighted by Crippen LogP contribution is -3.00. The van der Waals surface area contributed by atoms with Crippen molar-refractivity contribution in [1.82, 2.24) is 0 Å². The molecule has 2 aromatic rings. The number of quaternary nitrogens is 1. The first-order valence-corrected chi connectivity index (χ1v) is 8.87. The van der Waals surface area contributed by atoms with Gasteiger partial charge < -0.3 is 21.6 Å². The Kier molecular flexibility index (Phi) is 6.04. The molecule has 148 valence electrons. The monoisotopic (exact) mass is 421 g/mol. The molecule has 0 radical (unpaired) electrons. The molecule has 0 fully saturated rings. The van der Waals surface area contributed by atoms with Gasteiger partial charge in [0.15, 0.2) is 17.0 Å². The lowest BCUT2D eigenvalue weighted by Gasteiger charge is -2.41. The maximum absolute atomic E-state index is 13.7. The minimum Gasteiger partial charge on any atom is -1.00 e. The SMILES string of the molecule is COC(=O)C(C1(c2ccccc2)C(=O)c2cccc(Cl)c2C1=O)[N+](C)(C)C.[Cl-]. The molecule has 1 aliphatic rings. The number of rotatable bonds is 4. The van der Waals surface area contributed by atoms with Gasteiger partial charge in [0.25, 0.3) is 0 Å². The Bertz CT molecular complexity index is 937. The molecular weight excluding hydrogens is 401 g/mol. The topological polar surface area (TPSA) is 60.4 Å². The minimum atomic E-state index is -1.74. The van der Waals surface area contributed by atoms with Gasteiger partial charge in [0.2, 0.25) is 6.04 Å². The van der Waals surface area contributed by atoms with Crippen LogP contribution in [0.2, 0.25) is 5.02 Å². The van der Waals surface area contributed by atoms with Crippen LogP contribution < -0.4 is 12.4 Å². The summed E-state index contributed by atoms with van der Waals surface area (Å²) in [7, 11) is 6.54. The summed E-state index contributed by atoms with van der Waals surface area (Å²) in [4.78, 5) is 40.3. The van der Waals surface area contributed by atoms with Gasteiger partial charge in [-0.15, -0.1) is 0 Å². The number of likely N-dealkylation sites (N-methyl/N-ethyl adjacent to an activating group) is 1. The van der Waals surface area contributed by atoms with E-state index in [1.807, 2.05) is 0 Å². The van der Waals surface area contributed by atoms with Crippen LogP contribution in [-0.4, -0.2) is 56.3 Å². The Morgan fingerprint density at radius 3 is 2.11 bits per heavy atom. The molecule has 5 nitrogen and oxygen atoms in total. The second-order valence-corrected chi connectivity index (χ2v) is 7.94. The van der Waals surface area contributed by atoms with Gasteiger partial charge in [-0.3, -0.25) is 9.59 Å². The first kappa shape index (κ1) is 22.1. The zero-order valence-electron chi connectivity index (χ0n) is 16.0. The summed E-state index contributed by atoms with van der Waals surface area (Å²) in [6.07, 6.45) is 0. The van der Waals surface area contributed by atoms with Crippen LogP contribution in [0.15, 0.2) is 48.5 Å². The van der Waals surface area contributed by atoms with E-state index in [9.17, 15) is 14.4 Å². The molecule has 2 aromatic carbocycles. The van der Waals surface area contributed by atoms with Crippen molar-refractivity contribution in [2.75, 3.05) is 28.3 Å². The molecular formula is C21H21Cl2NO4. The number of carbonyl (C=O) groups is 3. The fourth-order valence-electron chi connectivity index (χ4n) is 4.01. The van der Waals surface area contributed by atoms with Gasteiger partial charge >= 0.3 is 5.97 Å². The van der Waals surface area contributed by atoms with Crippen molar-refractivity contribution >= 4 is 29.1 Å². The quantitative estimate of drug-likeness (QED) is 0.393. The fourth-order valence-corrected chi connectivity index (χ4v) is 4.27. The summed E-state index contributed by atoms with van der Waals surface area (Å²) >= 11 is 6.28. The zero-order chi connectivity index (χ0) is 20.0. The standard InChI is InChI=1S/C21H21ClNO4.ClH/c1-23(2,3)17(20(26)27-4)21(13-9-6-5-7-10-13)18(24)14-11-8-12-15(22)16(14)19(21)25;/h5-12,17H,1-4H3;1H/q+1;/p-1. The lowest BCUT2D eigenvalue weighted by molar-refractivity contribution is -0.889. The summed E-state index contributed by atoms with van der Waals surface area (Å²) in [5, 5.41) is 0.202. The highest BCUT2D eigenvalue weighted by molar-refractivity contribution is 6.42. The average Bonchev–Trinajstić information content (AvgIpc) is 2.85. The number of esters is 1. The Labute approximate surface area is 175 Å². The van der Waals surface area contributed by atoms with Crippen LogP contribution in [0.25, 0.3) is 0 Å². The van der Waals surface area contributed by atoms with Gasteiger partial charge in [0, 0.05) is 11.1 Å². The number of methoxy groups -OCH3 is 1. The van der Waals surface area contributed by atoms with Gasteiger partial charge in [0.05, 0.1) is 33.3 Å². The van der Waals surface area contributed by atoms with Crippen LogP contribution >= 0.6 is 11.6 Å². The second kappa shape index (κ2) is 7.66. The van der Waals surface area contributed by atoms with Crippen molar-refractivity contribution in [3.63, 3.8) is 0 Å². The summed E-state index contributed by atoms with van der Waals surface area (Å²) in [5.74, 6) is -1.53. The average molecular weight is 422 g/mol. The second-order valence-electron chi connectivity index (χ2n) is 7.54. The van der Waals surface area contributed by atoms with Gasteiger partial charge in [-0.2, -0.15) is 0 Å². The predicted molar refractivity (Wildman–Crippen MR) is 102 cm³/mol. The molecule has 0 heterocycles. The molecule has 0 N–H and O–H groups in total. The van der Waals surface area contributed by atoms with Crippen LogP contribution in [0.1, 0.15) is 26.3 Å². The Hall–Kier alpha value is -2.21. The number of Topliss-reactive ketones (excluding diaryl/α,β-unsaturated/α-hetero) is 2. The molecule has 1 aliphatic carbocycles. The summed E-state index contributed by atoms with van der Waals surface area (Å²) in [6.45, 7) is 0. The number of fused-ring (bicyclic) bond motifs is 1. The minimum absolute atomic E-state index is 0. The zero-order valence-corrected chi connectivity index (χ0v) is 17.5. The number of hydrogen-bond donors (Lipinski definition) is 0. The third-order valence-corrected chi connectivity index (χ3v) is 5.35. The van der Waals surface area contributed by atoms with Crippen LogP contribution in [-0.2, 0) is 14.9 Å². The van der Waals surface area contributed by atoms with E-state index in [0.29, 0.717) is 5.56 Å². The first-order valence-electron chi connectivity index (χ1n) is 8.50. The van der Waals surface area contributed by atoms with E-state index in [2.05, 4.69) is 0 Å². The fraction of sp³-hybridized carbons (Fsp3) is 0.286. The summed E-state index contributed by atoms with van der Waals surface area (Å²) in [5.41, 5.74) is -0.885. The number of benzene rings is 2. The molecule has 2 atom stereocenters. The molecule has 0 aliphatic heterocycles. The van der Waals surface area contributed by atoms with E-state index in [4.69, 9.17) is 16.3 Å². The molecule has 28 heavy (non-hydrogen) atoms. The predicted octanol–water partition coefficient (Wildman–Crippen LogP) is -0.0912. The largest absolute Gasteiger partial charge is 1.00 e. The Morgan fingerprint density at radius 1 is 1.00 bits per heavy atom. The maximum atomic E-state index is 13.7. The van der Waals surface area contributed by atoms with Crippen molar-refractivity contribution < 1.29 is 36.0 Å². The number of hydrogen-bond acceptors (Lipinski definition) is 4. The van der Waals surface area contributed by atoms with E-state index >= 15 is 0 Å². The third kappa shape index (κ3) is 3.04. The normalized spacial score (nSPS) is 19.6. The van der Waals surface area contributed by atoms with E-state index in [1.165, 1.54) is 7.11 Å². The molecule has 0 spiro atoms. The smallest absolute Gasteiger partial charge is 0.366 e. The molecule has 3 rings (SSSR count). The van der Waals surface area contributed by atoms with Gasteiger partial charge in [-0.05, 0) is 11.6 Å². The number of halogens is 2. The third-order valence-electron chi connectivity index (χ3n) is 5.04. The molecule has 0 aromatic heterocycles. The van der Waals surface area contributed by atoms with Crippen LogP contribution in [0.5, 0.6) is 0 Å². The van der Waals surface area contributed by atoms with E-state index in [-0.39, 0.29) is 33.0 Å². The molecule has 2 unspecified atom stereocenters. The van der Waals surface area contributed by atoms with Crippen molar-refractivity contribution in [3.8, 4) is 0 Å². The number of carbonyl (C=O) groups excluding carboxylic acids is 3.